The van der Waals surface area contributed by atoms with Crippen LogP contribution in [-0.4, -0.2) is 6.26 Å². The van der Waals surface area contributed by atoms with Gasteiger partial charge in [-0.05, 0) is 37.3 Å². The van der Waals surface area contributed by atoms with E-state index in [9.17, 15) is 0 Å². The van der Waals surface area contributed by atoms with Crippen molar-refractivity contribution in [2.45, 2.75) is 32.1 Å². The van der Waals surface area contributed by atoms with E-state index in [2.05, 4.69) is 11.7 Å². The first-order chi connectivity index (χ1) is 4.43. The van der Waals surface area contributed by atoms with Crippen LogP contribution in [0.2, 0.25) is 0 Å². The van der Waals surface area contributed by atoms with E-state index in [-0.39, 0.29) is 0 Å². The van der Waals surface area contributed by atoms with Crippen molar-refractivity contribution in [3.8, 4) is 0 Å². The van der Waals surface area contributed by atoms with Gasteiger partial charge in [0.05, 0.1) is 0 Å². The quantitative estimate of drug-likeness (QED) is 0.542. The Kier molecular flexibility index (Phi) is 3.20. The Labute approximate surface area is 61.7 Å². The molecule has 0 spiro atoms. The van der Waals surface area contributed by atoms with Crippen LogP contribution in [0.1, 0.15) is 32.1 Å². The van der Waals surface area contributed by atoms with Crippen LogP contribution in [0, 0.1) is 0 Å². The van der Waals surface area contributed by atoms with Crippen molar-refractivity contribution in [3.05, 3.63) is 11.0 Å². The molecule has 0 N–H and O–H groups in total. The van der Waals surface area contributed by atoms with E-state index in [0.717, 1.165) is 0 Å². The third kappa shape index (κ3) is 2.44. The Morgan fingerprint density at radius 3 is 2.44 bits per heavy atom. The molecule has 1 aliphatic rings. The van der Waals surface area contributed by atoms with Gasteiger partial charge >= 0.3 is 0 Å². The van der Waals surface area contributed by atoms with Crippen LogP contribution < -0.4 is 0 Å². The summed E-state index contributed by atoms with van der Waals surface area (Å²) in [5.74, 6) is 0. The van der Waals surface area contributed by atoms with Gasteiger partial charge in [-0.25, -0.2) is 0 Å². The Hall–Kier alpha value is 0.0900. The van der Waals surface area contributed by atoms with E-state index in [1.165, 1.54) is 32.1 Å². The maximum Gasteiger partial charge on any atom is -0.0142 e. The zero-order valence-electron chi connectivity index (χ0n) is 6.02. The van der Waals surface area contributed by atoms with Crippen LogP contribution in [0.5, 0.6) is 0 Å². The summed E-state index contributed by atoms with van der Waals surface area (Å²) in [6, 6.07) is 0. The molecular weight excluding hydrogens is 128 g/mol. The van der Waals surface area contributed by atoms with Crippen LogP contribution in [0.25, 0.3) is 0 Å². The van der Waals surface area contributed by atoms with Gasteiger partial charge in [-0.2, -0.15) is 0 Å². The molecule has 1 fully saturated rings. The number of hydrogen-bond donors (Lipinski definition) is 0. The molecule has 52 valence electrons. The second-order valence-corrected chi connectivity index (χ2v) is 3.28. The average Bonchev–Trinajstić information content (AvgIpc) is 1.91. The highest BCUT2D eigenvalue weighted by Gasteiger charge is 2.03. The minimum atomic E-state index is 1.36. The predicted octanol–water partition coefficient (Wildman–Crippen LogP) is 3.20. The van der Waals surface area contributed by atoms with Crippen molar-refractivity contribution in [2.75, 3.05) is 6.26 Å². The van der Waals surface area contributed by atoms with Crippen LogP contribution in [0.3, 0.4) is 0 Å². The number of hydrogen-bond acceptors (Lipinski definition) is 1. The molecule has 0 nitrogen and oxygen atoms in total. The maximum absolute atomic E-state index is 2.32. The highest BCUT2D eigenvalue weighted by Crippen LogP contribution is 2.24. The van der Waals surface area contributed by atoms with Gasteiger partial charge in [-0.3, -0.25) is 0 Å². The van der Waals surface area contributed by atoms with E-state index in [1.807, 2.05) is 11.8 Å². The molecule has 0 aromatic carbocycles. The minimum absolute atomic E-state index is 1.36. The molecule has 0 amide bonds. The predicted molar refractivity (Wildman–Crippen MR) is 44.7 cm³/mol. The second-order valence-electron chi connectivity index (χ2n) is 2.57. The number of rotatable bonds is 1. The maximum atomic E-state index is 2.32. The lowest BCUT2D eigenvalue weighted by Crippen LogP contribution is -1.91. The molecule has 0 radical (unpaired) electrons. The minimum Gasteiger partial charge on any atom is -0.138 e. The molecule has 0 aliphatic heterocycles. The molecule has 1 heteroatoms. The lowest BCUT2D eigenvalue weighted by molar-refractivity contribution is 0.600. The lowest BCUT2D eigenvalue weighted by atomic mass is 9.96. The summed E-state index contributed by atoms with van der Waals surface area (Å²) >= 11 is 1.85. The average molecular weight is 142 g/mol. The van der Waals surface area contributed by atoms with Crippen molar-refractivity contribution in [1.29, 1.82) is 0 Å². The summed E-state index contributed by atoms with van der Waals surface area (Å²) in [4.78, 5) is 0. The summed E-state index contributed by atoms with van der Waals surface area (Å²) in [5, 5.41) is 2.32. The molecule has 0 bridgehead atoms. The van der Waals surface area contributed by atoms with E-state index in [0.29, 0.717) is 0 Å². The Morgan fingerprint density at radius 2 is 1.89 bits per heavy atom. The lowest BCUT2D eigenvalue weighted by Gasteiger charge is -2.12. The fourth-order valence-electron chi connectivity index (χ4n) is 1.29. The zero-order chi connectivity index (χ0) is 6.53. The van der Waals surface area contributed by atoms with E-state index >= 15 is 0 Å². The normalized spacial score (nSPS) is 19.9. The van der Waals surface area contributed by atoms with E-state index in [4.69, 9.17) is 0 Å². The molecule has 0 aromatic heterocycles. The first-order valence-corrected chi connectivity index (χ1v) is 4.93. The first-order valence-electron chi connectivity index (χ1n) is 3.64. The van der Waals surface area contributed by atoms with Crippen molar-refractivity contribution in [3.63, 3.8) is 0 Å². The molecule has 1 aliphatic carbocycles. The highest BCUT2D eigenvalue weighted by atomic mass is 32.2. The van der Waals surface area contributed by atoms with Crippen LogP contribution >= 0.6 is 11.8 Å². The van der Waals surface area contributed by atoms with Crippen molar-refractivity contribution in [2.24, 2.45) is 0 Å². The van der Waals surface area contributed by atoms with Crippen molar-refractivity contribution in [1.82, 2.24) is 0 Å². The summed E-state index contributed by atoms with van der Waals surface area (Å²) in [6.45, 7) is 0. The zero-order valence-corrected chi connectivity index (χ0v) is 6.84. The second kappa shape index (κ2) is 3.99. The van der Waals surface area contributed by atoms with Gasteiger partial charge < -0.3 is 0 Å². The number of thioether (sulfide) groups is 1. The Bertz CT molecular complexity index is 97.1. The standard InChI is InChI=1S/C8H14S/c1-9-7-8-5-3-2-4-6-8/h7H,2-6H2,1H3. The molecule has 9 heavy (non-hydrogen) atoms. The van der Waals surface area contributed by atoms with Gasteiger partial charge in [0.15, 0.2) is 0 Å². The molecule has 0 atom stereocenters. The molecule has 1 saturated carbocycles. The van der Waals surface area contributed by atoms with Crippen molar-refractivity contribution >= 4 is 11.8 Å². The fourth-order valence-corrected chi connectivity index (χ4v) is 1.86. The van der Waals surface area contributed by atoms with Gasteiger partial charge in [-0.1, -0.05) is 12.0 Å². The van der Waals surface area contributed by atoms with Crippen LogP contribution in [0.15, 0.2) is 11.0 Å². The molecule has 0 saturated heterocycles. The smallest absolute Gasteiger partial charge is 0.0142 e. The van der Waals surface area contributed by atoms with Gasteiger partial charge in [0.2, 0.25) is 0 Å². The fraction of sp³-hybridized carbons (Fsp3) is 0.750. The summed E-state index contributed by atoms with van der Waals surface area (Å²) in [7, 11) is 0. The van der Waals surface area contributed by atoms with Crippen LogP contribution in [-0.2, 0) is 0 Å². The van der Waals surface area contributed by atoms with Gasteiger partial charge in [0.25, 0.3) is 0 Å². The van der Waals surface area contributed by atoms with Gasteiger partial charge in [0, 0.05) is 0 Å². The van der Waals surface area contributed by atoms with E-state index < -0.39 is 0 Å². The van der Waals surface area contributed by atoms with Crippen molar-refractivity contribution < 1.29 is 0 Å². The summed E-state index contributed by atoms with van der Waals surface area (Å²) < 4.78 is 0. The largest absolute Gasteiger partial charge is 0.138 e. The molecule has 0 unspecified atom stereocenters. The molecule has 0 heterocycles. The number of allylic oxidation sites excluding steroid dienone is 1. The summed E-state index contributed by atoms with van der Waals surface area (Å²) in [6.07, 6.45) is 9.16. The SMILES string of the molecule is CSC=C1CCCCC1. The molecule has 1 rings (SSSR count). The molecule has 0 aromatic rings. The Balaban J connectivity index is 2.30. The third-order valence-electron chi connectivity index (χ3n) is 1.78. The monoisotopic (exact) mass is 142 g/mol. The molecular formula is C8H14S. The van der Waals surface area contributed by atoms with E-state index in [1.54, 1.807) is 5.57 Å². The topological polar surface area (TPSA) is 0 Å². The highest BCUT2D eigenvalue weighted by molar-refractivity contribution is 8.01. The van der Waals surface area contributed by atoms with Gasteiger partial charge in [-0.15, -0.1) is 11.8 Å². The first kappa shape index (κ1) is 7.20. The summed E-state index contributed by atoms with van der Waals surface area (Å²) in [5.41, 5.74) is 1.67. The third-order valence-corrected chi connectivity index (χ3v) is 2.35. The Morgan fingerprint density at radius 1 is 1.22 bits per heavy atom. The van der Waals surface area contributed by atoms with Crippen LogP contribution in [0.4, 0.5) is 0 Å². The van der Waals surface area contributed by atoms with Gasteiger partial charge in [0.1, 0.15) is 0 Å².